The number of aromatic nitrogens is 2. The van der Waals surface area contributed by atoms with Gasteiger partial charge in [0.2, 0.25) is 0 Å². The lowest BCUT2D eigenvalue weighted by Crippen LogP contribution is -2.61. The summed E-state index contributed by atoms with van der Waals surface area (Å²) < 4.78 is 7.16. The Balaban J connectivity index is 1.10. The number of carbonyl (C=O) groups is 1. The number of nitrogens with zero attached hydrogens (tertiary/aromatic N) is 4. The molecule has 0 aromatic carbocycles. The van der Waals surface area contributed by atoms with Crippen LogP contribution in [0.15, 0.2) is 6.07 Å². The first-order chi connectivity index (χ1) is 16.9. The average molecular weight is 486 g/mol. The number of rotatable bonds is 9. The lowest BCUT2D eigenvalue weighted by Gasteiger charge is -2.58. The summed E-state index contributed by atoms with van der Waals surface area (Å²) in [5.74, 6) is 3.19. The molecule has 6 fully saturated rings. The second kappa shape index (κ2) is 9.34. The van der Waals surface area contributed by atoms with Crippen molar-refractivity contribution < 1.29 is 14.6 Å². The van der Waals surface area contributed by atoms with Gasteiger partial charge in [0.25, 0.3) is 5.91 Å². The molecule has 1 saturated heterocycles. The Hall–Kier alpha value is -1.64. The normalized spacial score (nSPS) is 34.9. The second-order valence-electron chi connectivity index (χ2n) is 12.4. The molecule has 1 aromatic rings. The van der Waals surface area contributed by atoms with E-state index in [-0.39, 0.29) is 11.9 Å². The fraction of sp³-hybridized carbons (Fsp3) is 0.852. The van der Waals surface area contributed by atoms with Crippen molar-refractivity contribution in [3.05, 3.63) is 11.8 Å². The maximum atomic E-state index is 13.3. The summed E-state index contributed by atoms with van der Waals surface area (Å²) in [4.78, 5) is 18.4. The molecular weight excluding hydrogens is 442 g/mol. The van der Waals surface area contributed by atoms with E-state index in [1.54, 1.807) is 7.11 Å². The zero-order chi connectivity index (χ0) is 24.2. The Bertz CT molecular complexity index is 906. The number of nitrogens with one attached hydrogen (secondary N) is 1. The number of hydrogen-bond donors (Lipinski definition) is 2. The second-order valence-corrected chi connectivity index (χ2v) is 12.4. The molecule has 194 valence electrons. The van der Waals surface area contributed by atoms with Crippen LogP contribution < -0.4 is 10.2 Å². The molecule has 5 aliphatic carbocycles. The van der Waals surface area contributed by atoms with Crippen LogP contribution in [0.2, 0.25) is 0 Å². The molecule has 7 rings (SSSR count). The van der Waals surface area contributed by atoms with Crippen LogP contribution >= 0.6 is 0 Å². The van der Waals surface area contributed by atoms with Gasteiger partial charge in [0, 0.05) is 45.4 Å². The molecule has 2 atom stereocenters. The minimum Gasteiger partial charge on any atom is -0.390 e. The monoisotopic (exact) mass is 485 g/mol. The number of anilines is 1. The first kappa shape index (κ1) is 23.7. The van der Waals surface area contributed by atoms with E-state index in [0.717, 1.165) is 70.7 Å². The van der Waals surface area contributed by atoms with Gasteiger partial charge in [-0.15, -0.1) is 0 Å². The number of hydrogen-bond acceptors (Lipinski definition) is 6. The van der Waals surface area contributed by atoms with Crippen LogP contribution in [0.4, 0.5) is 5.82 Å². The summed E-state index contributed by atoms with van der Waals surface area (Å²) in [7, 11) is 3.75. The fourth-order valence-corrected chi connectivity index (χ4v) is 7.99. The zero-order valence-electron chi connectivity index (χ0n) is 21.5. The highest BCUT2D eigenvalue weighted by atomic mass is 16.5. The number of amides is 1. The van der Waals surface area contributed by atoms with Gasteiger partial charge in [-0.25, -0.2) is 0 Å². The minimum absolute atomic E-state index is 0.0430. The maximum Gasteiger partial charge on any atom is 0.272 e. The number of methoxy groups -OCH3 is 1. The molecule has 4 bridgehead atoms. The lowest BCUT2D eigenvalue weighted by molar-refractivity contribution is -0.136. The summed E-state index contributed by atoms with van der Waals surface area (Å²) in [6.07, 6.45) is 9.85. The van der Waals surface area contributed by atoms with Gasteiger partial charge in [-0.05, 0) is 94.5 Å². The summed E-state index contributed by atoms with van der Waals surface area (Å²) in [5, 5.41) is 18.9. The molecule has 35 heavy (non-hydrogen) atoms. The Morgan fingerprint density at radius 1 is 1.20 bits per heavy atom. The largest absolute Gasteiger partial charge is 0.390 e. The van der Waals surface area contributed by atoms with Crippen molar-refractivity contribution in [2.24, 2.45) is 30.7 Å². The van der Waals surface area contributed by atoms with E-state index in [2.05, 4.69) is 20.2 Å². The van der Waals surface area contributed by atoms with Crippen molar-refractivity contribution in [3.8, 4) is 0 Å². The molecule has 0 radical (unpaired) electrons. The molecule has 6 aliphatic rings. The van der Waals surface area contributed by atoms with Crippen molar-refractivity contribution in [2.75, 3.05) is 44.8 Å². The van der Waals surface area contributed by atoms with Gasteiger partial charge >= 0.3 is 0 Å². The van der Waals surface area contributed by atoms with Crippen molar-refractivity contribution >= 4 is 11.7 Å². The van der Waals surface area contributed by atoms with Crippen LogP contribution in [-0.2, 0) is 11.8 Å². The van der Waals surface area contributed by atoms with E-state index in [1.165, 1.54) is 25.7 Å². The van der Waals surface area contributed by atoms with Crippen LogP contribution in [0.25, 0.3) is 0 Å². The molecule has 0 spiro atoms. The highest BCUT2D eigenvalue weighted by Crippen LogP contribution is 2.55. The Morgan fingerprint density at radius 3 is 2.54 bits per heavy atom. The van der Waals surface area contributed by atoms with Crippen molar-refractivity contribution in [3.63, 3.8) is 0 Å². The first-order valence-corrected chi connectivity index (χ1v) is 14.0. The summed E-state index contributed by atoms with van der Waals surface area (Å²) in [6, 6.07) is 2.79. The SMILES string of the molecule is COCCN1CCC(CN(c2cc(C(=O)N[C@H]3C4CC5CC3C[C@](O)(C5)C4)nn2C)C2CC2)CC1. The predicted molar refractivity (Wildman–Crippen MR) is 134 cm³/mol. The van der Waals surface area contributed by atoms with Gasteiger partial charge in [-0.3, -0.25) is 9.48 Å². The van der Waals surface area contributed by atoms with Crippen LogP contribution in [0, 0.1) is 23.7 Å². The van der Waals surface area contributed by atoms with Crippen LogP contribution in [-0.4, -0.2) is 83.3 Å². The van der Waals surface area contributed by atoms with Crippen molar-refractivity contribution in [2.45, 2.75) is 75.5 Å². The van der Waals surface area contributed by atoms with E-state index >= 15 is 0 Å². The van der Waals surface area contributed by atoms with Gasteiger partial charge in [-0.1, -0.05) is 0 Å². The number of aliphatic hydroxyl groups is 1. The molecule has 8 nitrogen and oxygen atoms in total. The fourth-order valence-electron chi connectivity index (χ4n) is 7.99. The zero-order valence-corrected chi connectivity index (χ0v) is 21.5. The number of likely N-dealkylation sites (tertiary alicyclic amines) is 1. The number of carbonyl (C=O) groups excluding carboxylic acids is 1. The Labute approximate surface area is 209 Å². The smallest absolute Gasteiger partial charge is 0.272 e. The molecular formula is C27H43N5O3. The highest BCUT2D eigenvalue weighted by molar-refractivity contribution is 5.93. The van der Waals surface area contributed by atoms with Crippen LogP contribution in [0.5, 0.6) is 0 Å². The van der Waals surface area contributed by atoms with Gasteiger partial charge in [0.05, 0.1) is 12.2 Å². The Morgan fingerprint density at radius 2 is 1.91 bits per heavy atom. The van der Waals surface area contributed by atoms with E-state index in [9.17, 15) is 9.90 Å². The summed E-state index contributed by atoms with van der Waals surface area (Å²) >= 11 is 0. The predicted octanol–water partition coefficient (Wildman–Crippen LogP) is 2.42. The molecule has 5 saturated carbocycles. The Kier molecular flexibility index (Phi) is 6.34. The number of aryl methyl sites for hydroxylation is 1. The quantitative estimate of drug-likeness (QED) is 0.559. The topological polar surface area (TPSA) is 82.9 Å². The van der Waals surface area contributed by atoms with Gasteiger partial charge in [-0.2, -0.15) is 5.10 Å². The van der Waals surface area contributed by atoms with Crippen LogP contribution in [0.1, 0.15) is 68.3 Å². The van der Waals surface area contributed by atoms with E-state index in [0.29, 0.717) is 35.4 Å². The van der Waals surface area contributed by atoms with E-state index in [1.807, 2.05) is 17.8 Å². The molecule has 1 aromatic heterocycles. The lowest BCUT2D eigenvalue weighted by atomic mass is 9.52. The molecule has 2 N–H and O–H groups in total. The third-order valence-corrected chi connectivity index (χ3v) is 9.68. The first-order valence-electron chi connectivity index (χ1n) is 14.0. The molecule has 1 amide bonds. The number of ether oxygens (including phenoxy) is 1. The summed E-state index contributed by atoms with van der Waals surface area (Å²) in [6.45, 7) is 5.17. The van der Waals surface area contributed by atoms with Crippen molar-refractivity contribution in [1.82, 2.24) is 20.0 Å². The highest BCUT2D eigenvalue weighted by Gasteiger charge is 2.55. The molecule has 2 unspecified atom stereocenters. The standard InChI is InChI=1S/C27H43N5O3/c1-30-24(32(22-3-4-22)17-18-5-7-31(8-6-18)9-10-35-2)13-23(29-30)26(33)28-25-20-11-19-12-21(25)16-27(34,14-19)15-20/h13,18-22,25,34H,3-12,14-17H2,1-2H3,(H,28,33)/t19?,20?,21?,25-,27-. The average Bonchev–Trinajstić information content (AvgIpc) is 3.59. The molecule has 2 heterocycles. The van der Waals surface area contributed by atoms with Gasteiger partial charge < -0.3 is 25.0 Å². The minimum atomic E-state index is -0.472. The van der Waals surface area contributed by atoms with E-state index < -0.39 is 5.60 Å². The van der Waals surface area contributed by atoms with Gasteiger partial charge in [0.1, 0.15) is 5.82 Å². The number of piperidine rings is 1. The van der Waals surface area contributed by atoms with Gasteiger partial charge in [0.15, 0.2) is 5.69 Å². The van der Waals surface area contributed by atoms with Crippen molar-refractivity contribution in [1.29, 1.82) is 0 Å². The maximum absolute atomic E-state index is 13.3. The third-order valence-electron chi connectivity index (χ3n) is 9.68. The third kappa shape index (κ3) is 4.86. The van der Waals surface area contributed by atoms with Crippen LogP contribution in [0.3, 0.4) is 0 Å². The van der Waals surface area contributed by atoms with E-state index in [4.69, 9.17) is 4.74 Å². The summed E-state index contributed by atoms with van der Waals surface area (Å²) in [5.41, 5.74) is 0.0654. The molecule has 8 heteroatoms. The molecule has 1 aliphatic heterocycles.